The number of rotatable bonds is 5. The third-order valence-corrected chi connectivity index (χ3v) is 6.52. The van der Waals surface area contributed by atoms with Crippen molar-refractivity contribution >= 4 is 11.9 Å². The molecule has 6 nitrogen and oxygen atoms in total. The summed E-state index contributed by atoms with van der Waals surface area (Å²) in [5.41, 5.74) is 2.22. The van der Waals surface area contributed by atoms with Crippen molar-refractivity contribution in [2.75, 3.05) is 26.2 Å². The number of piperidine rings is 1. The normalized spacial score (nSPS) is 16.5. The SMILES string of the molecule is N#Cc1ccc(CN(Cc2cccc(F)c2)C(=O)C2CCN(C(=O)N3CCCC3)CC2)cc1. The second-order valence-corrected chi connectivity index (χ2v) is 8.87. The number of carbonyl (C=O) groups is 2. The number of carbonyl (C=O) groups excluding carboxylic acids is 2. The van der Waals surface area contributed by atoms with Crippen LogP contribution in [0.5, 0.6) is 0 Å². The van der Waals surface area contributed by atoms with Gasteiger partial charge in [-0.05, 0) is 61.1 Å². The van der Waals surface area contributed by atoms with Gasteiger partial charge in [0.25, 0.3) is 0 Å². The van der Waals surface area contributed by atoms with E-state index in [2.05, 4.69) is 6.07 Å². The molecule has 0 unspecified atom stereocenters. The van der Waals surface area contributed by atoms with Crippen molar-refractivity contribution < 1.29 is 14.0 Å². The van der Waals surface area contributed by atoms with Gasteiger partial charge in [-0.25, -0.2) is 9.18 Å². The number of nitrogens with zero attached hydrogens (tertiary/aromatic N) is 4. The van der Waals surface area contributed by atoms with Gasteiger partial charge in [0.05, 0.1) is 11.6 Å². The molecule has 0 N–H and O–H groups in total. The first-order valence-corrected chi connectivity index (χ1v) is 11.6. The Bertz CT molecular complexity index is 1020. The Kier molecular flexibility index (Phi) is 7.23. The van der Waals surface area contributed by atoms with Crippen LogP contribution in [-0.4, -0.2) is 52.8 Å². The molecule has 2 aliphatic heterocycles. The van der Waals surface area contributed by atoms with E-state index >= 15 is 0 Å². The molecular formula is C26H29FN4O2. The zero-order chi connectivity index (χ0) is 23.2. The highest BCUT2D eigenvalue weighted by Gasteiger charge is 2.32. The Labute approximate surface area is 194 Å². The van der Waals surface area contributed by atoms with Crippen molar-refractivity contribution in [2.45, 2.75) is 38.8 Å². The molecule has 172 valence electrons. The van der Waals surface area contributed by atoms with Crippen LogP contribution in [0.25, 0.3) is 0 Å². The van der Waals surface area contributed by atoms with Gasteiger partial charge in [-0.3, -0.25) is 4.79 Å². The summed E-state index contributed by atoms with van der Waals surface area (Å²) in [4.78, 5) is 31.7. The summed E-state index contributed by atoms with van der Waals surface area (Å²) in [5, 5.41) is 9.04. The molecule has 0 atom stereocenters. The standard InChI is InChI=1S/C26H29FN4O2/c27-24-5-3-4-22(16-24)19-31(18-21-8-6-20(17-28)7-9-21)25(32)23-10-14-30(15-11-23)26(33)29-12-1-2-13-29/h3-9,16,23H,1-2,10-15,18-19H2. The molecule has 2 saturated heterocycles. The largest absolute Gasteiger partial charge is 0.334 e. The van der Waals surface area contributed by atoms with E-state index in [-0.39, 0.29) is 23.7 Å². The minimum absolute atomic E-state index is 0.0249. The highest BCUT2D eigenvalue weighted by Crippen LogP contribution is 2.24. The first kappa shape index (κ1) is 22.8. The van der Waals surface area contributed by atoms with Crippen molar-refractivity contribution in [3.63, 3.8) is 0 Å². The van der Waals surface area contributed by atoms with Crippen LogP contribution in [0.3, 0.4) is 0 Å². The third-order valence-electron chi connectivity index (χ3n) is 6.52. The molecule has 2 aromatic rings. The summed E-state index contributed by atoms with van der Waals surface area (Å²) >= 11 is 0. The first-order chi connectivity index (χ1) is 16.0. The number of hydrogen-bond donors (Lipinski definition) is 0. The van der Waals surface area contributed by atoms with E-state index in [1.807, 2.05) is 28.0 Å². The predicted octanol–water partition coefficient (Wildman–Crippen LogP) is 4.15. The van der Waals surface area contributed by atoms with E-state index in [0.717, 1.165) is 37.1 Å². The molecule has 2 aliphatic rings. The minimum Gasteiger partial charge on any atom is -0.334 e. The van der Waals surface area contributed by atoms with Crippen LogP contribution >= 0.6 is 0 Å². The van der Waals surface area contributed by atoms with E-state index in [1.54, 1.807) is 23.1 Å². The van der Waals surface area contributed by atoms with Crippen LogP contribution in [0.15, 0.2) is 48.5 Å². The van der Waals surface area contributed by atoms with Gasteiger partial charge in [-0.2, -0.15) is 5.26 Å². The zero-order valence-electron chi connectivity index (χ0n) is 18.8. The van der Waals surface area contributed by atoms with Crippen molar-refractivity contribution in [2.24, 2.45) is 5.92 Å². The molecule has 2 heterocycles. The van der Waals surface area contributed by atoms with Gasteiger partial charge in [0.2, 0.25) is 5.91 Å². The summed E-state index contributed by atoms with van der Waals surface area (Å²) < 4.78 is 13.8. The predicted molar refractivity (Wildman–Crippen MR) is 122 cm³/mol. The Morgan fingerprint density at radius 3 is 2.21 bits per heavy atom. The second kappa shape index (κ2) is 10.5. The van der Waals surface area contributed by atoms with Crippen LogP contribution in [0.1, 0.15) is 42.4 Å². The number of urea groups is 1. The van der Waals surface area contributed by atoms with Gasteiger partial charge in [-0.1, -0.05) is 24.3 Å². The van der Waals surface area contributed by atoms with Crippen LogP contribution in [0.2, 0.25) is 0 Å². The third kappa shape index (κ3) is 5.70. The molecular weight excluding hydrogens is 419 g/mol. The maximum atomic E-state index is 13.8. The molecule has 7 heteroatoms. The Hall–Kier alpha value is -3.40. The van der Waals surface area contributed by atoms with Crippen molar-refractivity contribution in [3.05, 3.63) is 71.0 Å². The van der Waals surface area contributed by atoms with Crippen molar-refractivity contribution in [1.29, 1.82) is 5.26 Å². The highest BCUT2D eigenvalue weighted by molar-refractivity contribution is 5.80. The van der Waals surface area contributed by atoms with E-state index in [0.29, 0.717) is 44.6 Å². The molecule has 3 amide bonds. The molecule has 0 saturated carbocycles. The van der Waals surface area contributed by atoms with Crippen molar-refractivity contribution in [1.82, 2.24) is 14.7 Å². The Balaban J connectivity index is 1.44. The summed E-state index contributed by atoms with van der Waals surface area (Å²) in [6, 6.07) is 15.7. The quantitative estimate of drug-likeness (QED) is 0.690. The molecule has 0 bridgehead atoms. The topological polar surface area (TPSA) is 67.6 Å². The fourth-order valence-corrected chi connectivity index (χ4v) is 4.66. The monoisotopic (exact) mass is 448 g/mol. The summed E-state index contributed by atoms with van der Waals surface area (Å²) in [6.45, 7) is 3.50. The Morgan fingerprint density at radius 1 is 0.939 bits per heavy atom. The first-order valence-electron chi connectivity index (χ1n) is 11.6. The summed E-state index contributed by atoms with van der Waals surface area (Å²) in [7, 11) is 0. The number of amides is 3. The lowest BCUT2D eigenvalue weighted by molar-refractivity contribution is -0.138. The molecule has 0 aromatic heterocycles. The average Bonchev–Trinajstić information content (AvgIpc) is 3.38. The highest BCUT2D eigenvalue weighted by atomic mass is 19.1. The van der Waals surface area contributed by atoms with Crippen LogP contribution in [0.4, 0.5) is 9.18 Å². The molecule has 2 aromatic carbocycles. The van der Waals surface area contributed by atoms with E-state index in [4.69, 9.17) is 5.26 Å². The van der Waals surface area contributed by atoms with Gasteiger partial charge in [-0.15, -0.1) is 0 Å². The summed E-state index contributed by atoms with van der Waals surface area (Å²) in [5.74, 6) is -0.469. The minimum atomic E-state index is -0.327. The maximum absolute atomic E-state index is 13.8. The lowest BCUT2D eigenvalue weighted by Crippen LogP contribution is -2.48. The fourth-order valence-electron chi connectivity index (χ4n) is 4.66. The van der Waals surface area contributed by atoms with Gasteiger partial charge < -0.3 is 14.7 Å². The van der Waals surface area contributed by atoms with Crippen LogP contribution in [0, 0.1) is 23.1 Å². The number of benzene rings is 2. The molecule has 33 heavy (non-hydrogen) atoms. The maximum Gasteiger partial charge on any atom is 0.319 e. The zero-order valence-corrected chi connectivity index (χ0v) is 18.8. The lowest BCUT2D eigenvalue weighted by Gasteiger charge is -2.36. The van der Waals surface area contributed by atoms with Gasteiger partial charge >= 0.3 is 6.03 Å². The van der Waals surface area contributed by atoms with Gasteiger partial charge in [0, 0.05) is 45.2 Å². The average molecular weight is 449 g/mol. The number of hydrogen-bond acceptors (Lipinski definition) is 3. The van der Waals surface area contributed by atoms with E-state index in [1.165, 1.54) is 12.1 Å². The van der Waals surface area contributed by atoms with E-state index in [9.17, 15) is 14.0 Å². The van der Waals surface area contributed by atoms with Gasteiger partial charge in [0.15, 0.2) is 0 Å². The van der Waals surface area contributed by atoms with E-state index < -0.39 is 0 Å². The molecule has 2 fully saturated rings. The van der Waals surface area contributed by atoms with Crippen LogP contribution < -0.4 is 0 Å². The Morgan fingerprint density at radius 2 is 1.58 bits per heavy atom. The summed E-state index contributed by atoms with van der Waals surface area (Å²) in [6.07, 6.45) is 3.38. The molecule has 0 spiro atoms. The van der Waals surface area contributed by atoms with Gasteiger partial charge in [0.1, 0.15) is 5.82 Å². The smallest absolute Gasteiger partial charge is 0.319 e. The molecule has 0 radical (unpaired) electrons. The molecule has 0 aliphatic carbocycles. The van der Waals surface area contributed by atoms with Crippen LogP contribution in [-0.2, 0) is 17.9 Å². The van der Waals surface area contributed by atoms with Crippen molar-refractivity contribution in [3.8, 4) is 6.07 Å². The second-order valence-electron chi connectivity index (χ2n) is 8.87. The fraction of sp³-hybridized carbons (Fsp3) is 0.423. The number of likely N-dealkylation sites (tertiary alicyclic amines) is 2. The number of halogens is 1. The molecule has 4 rings (SSSR count). The lowest BCUT2D eigenvalue weighted by atomic mass is 9.94. The number of nitriles is 1.